The average Bonchev–Trinajstić information content (AvgIpc) is 2.46. The summed E-state index contributed by atoms with van der Waals surface area (Å²) in [6.07, 6.45) is 1.47. The Bertz CT molecular complexity index is 597. The van der Waals surface area contributed by atoms with Gasteiger partial charge in [-0.2, -0.15) is 0 Å². The Morgan fingerprint density at radius 2 is 1.71 bits per heavy atom. The summed E-state index contributed by atoms with van der Waals surface area (Å²) in [6.45, 7) is 6.06. The lowest BCUT2D eigenvalue weighted by Gasteiger charge is -2.10. The van der Waals surface area contributed by atoms with Gasteiger partial charge in [0.2, 0.25) is 0 Å². The van der Waals surface area contributed by atoms with Crippen LogP contribution in [0.3, 0.4) is 0 Å². The summed E-state index contributed by atoms with van der Waals surface area (Å²) >= 11 is 0. The minimum absolute atomic E-state index is 0.146. The molecule has 21 heavy (non-hydrogen) atoms. The lowest BCUT2D eigenvalue weighted by Crippen LogP contribution is -2.06. The molecule has 2 nitrogen and oxygen atoms in total. The Kier molecular flexibility index (Phi) is 5.15. The second kappa shape index (κ2) is 7.07. The number of benzene rings is 2. The molecule has 110 valence electrons. The first-order chi connectivity index (χ1) is 10.1. The molecule has 0 saturated carbocycles. The van der Waals surface area contributed by atoms with Crippen LogP contribution in [-0.4, -0.2) is 11.9 Å². The highest BCUT2D eigenvalue weighted by Crippen LogP contribution is 2.16. The van der Waals surface area contributed by atoms with E-state index in [-0.39, 0.29) is 11.9 Å². The molecule has 0 amide bonds. The van der Waals surface area contributed by atoms with Crippen molar-refractivity contribution in [2.24, 2.45) is 0 Å². The molecule has 0 unspecified atom stereocenters. The summed E-state index contributed by atoms with van der Waals surface area (Å²) in [7, 11) is 0. The largest absolute Gasteiger partial charge is 0.491 e. The van der Waals surface area contributed by atoms with Gasteiger partial charge in [-0.15, -0.1) is 0 Å². The van der Waals surface area contributed by atoms with Crippen molar-refractivity contribution in [2.75, 3.05) is 0 Å². The maximum atomic E-state index is 12.2. The van der Waals surface area contributed by atoms with Gasteiger partial charge in [0.15, 0.2) is 5.78 Å². The molecule has 0 heterocycles. The molecule has 0 bridgehead atoms. The van der Waals surface area contributed by atoms with E-state index < -0.39 is 0 Å². The number of hydrogen-bond acceptors (Lipinski definition) is 2. The highest BCUT2D eigenvalue weighted by Gasteiger charge is 2.08. The minimum atomic E-state index is 0.146. The molecule has 0 atom stereocenters. The second-order valence-corrected chi connectivity index (χ2v) is 5.54. The first-order valence-electron chi connectivity index (χ1n) is 7.40. The predicted octanol–water partition coefficient (Wildman–Crippen LogP) is 4.60. The van der Waals surface area contributed by atoms with Crippen molar-refractivity contribution in [3.05, 3.63) is 65.2 Å². The smallest absolute Gasteiger partial charge is 0.163 e. The molecule has 0 aromatic heterocycles. The third-order valence-electron chi connectivity index (χ3n) is 3.43. The van der Waals surface area contributed by atoms with Crippen molar-refractivity contribution >= 4 is 5.78 Å². The van der Waals surface area contributed by atoms with Crippen molar-refractivity contribution in [1.82, 2.24) is 0 Å². The molecule has 0 radical (unpaired) electrons. The summed E-state index contributed by atoms with van der Waals surface area (Å²) in [6, 6.07) is 15.6. The van der Waals surface area contributed by atoms with Crippen molar-refractivity contribution in [2.45, 2.75) is 39.7 Å². The van der Waals surface area contributed by atoms with Crippen LogP contribution in [0.1, 0.15) is 41.8 Å². The van der Waals surface area contributed by atoms with Crippen LogP contribution in [0.25, 0.3) is 0 Å². The Hall–Kier alpha value is -2.09. The van der Waals surface area contributed by atoms with Gasteiger partial charge in [0, 0.05) is 12.0 Å². The number of rotatable bonds is 6. The molecule has 0 spiro atoms. The molecule has 0 aliphatic carbocycles. The second-order valence-electron chi connectivity index (χ2n) is 5.54. The molecule has 0 N–H and O–H groups in total. The minimum Gasteiger partial charge on any atom is -0.491 e. The van der Waals surface area contributed by atoms with Crippen LogP contribution in [0, 0.1) is 6.92 Å². The lowest BCUT2D eigenvalue weighted by atomic mass is 10.00. The number of hydrogen-bond donors (Lipinski definition) is 0. The van der Waals surface area contributed by atoms with E-state index in [0.29, 0.717) is 6.42 Å². The van der Waals surface area contributed by atoms with E-state index in [1.165, 1.54) is 11.1 Å². The Morgan fingerprint density at radius 1 is 1.05 bits per heavy atom. The van der Waals surface area contributed by atoms with E-state index in [0.717, 1.165) is 17.7 Å². The van der Waals surface area contributed by atoms with Crippen LogP contribution in [0.4, 0.5) is 0 Å². The zero-order chi connectivity index (χ0) is 15.2. The third kappa shape index (κ3) is 4.45. The fourth-order valence-corrected chi connectivity index (χ4v) is 2.27. The number of carbonyl (C=O) groups is 1. The fourth-order valence-electron chi connectivity index (χ4n) is 2.27. The topological polar surface area (TPSA) is 26.3 Å². The van der Waals surface area contributed by atoms with Gasteiger partial charge in [-0.05, 0) is 62.6 Å². The van der Waals surface area contributed by atoms with E-state index in [4.69, 9.17) is 4.74 Å². The molecule has 0 aliphatic heterocycles. The van der Waals surface area contributed by atoms with Crippen LogP contribution in [-0.2, 0) is 6.42 Å². The fraction of sp³-hybridized carbons (Fsp3) is 0.316. The highest BCUT2D eigenvalue weighted by molar-refractivity contribution is 5.96. The summed E-state index contributed by atoms with van der Waals surface area (Å²) in [5.74, 6) is 0.981. The third-order valence-corrected chi connectivity index (χ3v) is 3.43. The predicted molar refractivity (Wildman–Crippen MR) is 86.0 cm³/mol. The number of aryl methyl sites for hydroxylation is 2. The molecule has 0 aliphatic rings. The normalized spacial score (nSPS) is 10.7. The first kappa shape index (κ1) is 15.3. The van der Waals surface area contributed by atoms with Crippen LogP contribution in [0.5, 0.6) is 5.75 Å². The van der Waals surface area contributed by atoms with Gasteiger partial charge < -0.3 is 4.74 Å². The van der Waals surface area contributed by atoms with Crippen molar-refractivity contribution in [3.63, 3.8) is 0 Å². The lowest BCUT2D eigenvalue weighted by molar-refractivity contribution is 0.0983. The molecule has 2 aromatic rings. The number of Topliss-reactive ketones (excluding diaryl/α,β-unsaturated/α-hetero) is 1. The van der Waals surface area contributed by atoms with E-state index in [1.54, 1.807) is 0 Å². The Morgan fingerprint density at radius 3 is 2.33 bits per heavy atom. The van der Waals surface area contributed by atoms with Crippen LogP contribution < -0.4 is 4.74 Å². The van der Waals surface area contributed by atoms with E-state index >= 15 is 0 Å². The number of ketones is 1. The maximum Gasteiger partial charge on any atom is 0.163 e. The van der Waals surface area contributed by atoms with E-state index in [9.17, 15) is 4.79 Å². The Balaban J connectivity index is 1.96. The van der Waals surface area contributed by atoms with Gasteiger partial charge in [0.05, 0.1) is 6.10 Å². The van der Waals surface area contributed by atoms with Crippen LogP contribution in [0.2, 0.25) is 0 Å². The van der Waals surface area contributed by atoms with Gasteiger partial charge in [0.1, 0.15) is 5.75 Å². The molecule has 2 rings (SSSR count). The van der Waals surface area contributed by atoms with E-state index in [2.05, 4.69) is 19.1 Å². The monoisotopic (exact) mass is 282 g/mol. The van der Waals surface area contributed by atoms with Gasteiger partial charge >= 0.3 is 0 Å². The SMILES string of the molecule is Cc1ccccc1CCC(=O)c1ccc(OC(C)C)cc1. The molecular weight excluding hydrogens is 260 g/mol. The van der Waals surface area contributed by atoms with Crippen molar-refractivity contribution in [3.8, 4) is 5.75 Å². The van der Waals surface area contributed by atoms with Crippen molar-refractivity contribution in [1.29, 1.82) is 0 Å². The quantitative estimate of drug-likeness (QED) is 0.724. The zero-order valence-corrected chi connectivity index (χ0v) is 12.9. The summed E-state index contributed by atoms with van der Waals surface area (Å²) in [4.78, 5) is 12.2. The standard InChI is InChI=1S/C19H22O2/c1-14(2)21-18-11-8-17(9-12-18)19(20)13-10-16-7-5-4-6-15(16)3/h4-9,11-12,14H,10,13H2,1-3H3. The van der Waals surface area contributed by atoms with Crippen LogP contribution >= 0.6 is 0 Å². The number of carbonyl (C=O) groups excluding carboxylic acids is 1. The van der Waals surface area contributed by atoms with E-state index in [1.807, 2.05) is 50.2 Å². The molecule has 2 aromatic carbocycles. The number of ether oxygens (including phenoxy) is 1. The van der Waals surface area contributed by atoms with Gasteiger partial charge in [-0.3, -0.25) is 4.79 Å². The summed E-state index contributed by atoms with van der Waals surface area (Å²) in [5.41, 5.74) is 3.23. The molecule has 0 saturated heterocycles. The first-order valence-corrected chi connectivity index (χ1v) is 7.40. The van der Waals surface area contributed by atoms with Gasteiger partial charge in [-0.25, -0.2) is 0 Å². The highest BCUT2D eigenvalue weighted by atomic mass is 16.5. The van der Waals surface area contributed by atoms with Crippen molar-refractivity contribution < 1.29 is 9.53 Å². The molecule has 2 heteroatoms. The average molecular weight is 282 g/mol. The zero-order valence-electron chi connectivity index (χ0n) is 12.9. The summed E-state index contributed by atoms with van der Waals surface area (Å²) in [5, 5.41) is 0. The van der Waals surface area contributed by atoms with Gasteiger partial charge in [-0.1, -0.05) is 24.3 Å². The van der Waals surface area contributed by atoms with Gasteiger partial charge in [0.25, 0.3) is 0 Å². The van der Waals surface area contributed by atoms with Crippen LogP contribution in [0.15, 0.2) is 48.5 Å². The maximum absolute atomic E-state index is 12.2. The Labute approximate surface area is 126 Å². The molecular formula is C19H22O2. The summed E-state index contributed by atoms with van der Waals surface area (Å²) < 4.78 is 5.58. The molecule has 0 fully saturated rings.